The molecular formula is C13H10NO3. The summed E-state index contributed by atoms with van der Waals surface area (Å²) in [6, 6.07) is 13.8. The highest BCUT2D eigenvalue weighted by Gasteiger charge is 2.12. The highest BCUT2D eigenvalue weighted by Crippen LogP contribution is 2.20. The molecule has 0 bridgehead atoms. The first-order valence-electron chi connectivity index (χ1n) is 4.94. The van der Waals surface area contributed by atoms with Crippen molar-refractivity contribution in [1.82, 2.24) is 0 Å². The molecule has 0 spiro atoms. The molecular weight excluding hydrogens is 218 g/mol. The van der Waals surface area contributed by atoms with Gasteiger partial charge in [-0.05, 0) is 18.2 Å². The molecule has 4 heteroatoms. The van der Waals surface area contributed by atoms with Crippen LogP contribution in [0.25, 0.3) is 0 Å². The number of para-hydroxylation sites is 1. The van der Waals surface area contributed by atoms with E-state index in [0.717, 1.165) is 0 Å². The number of ether oxygens (including phenoxy) is 1. The molecule has 3 N–H and O–H groups in total. The Bertz CT molecular complexity index is 538. The fourth-order valence-electron chi connectivity index (χ4n) is 1.33. The molecule has 85 valence electrons. The molecule has 0 aliphatic rings. The van der Waals surface area contributed by atoms with Gasteiger partial charge in [0.2, 0.25) is 0 Å². The molecule has 17 heavy (non-hydrogen) atoms. The van der Waals surface area contributed by atoms with Gasteiger partial charge in [-0.25, -0.2) is 4.79 Å². The molecule has 1 radical (unpaired) electrons. The minimum absolute atomic E-state index is 0.0428. The Labute approximate surface area is 98.3 Å². The summed E-state index contributed by atoms with van der Waals surface area (Å²) in [5, 5.41) is 9.15. The summed E-state index contributed by atoms with van der Waals surface area (Å²) < 4.78 is 5.09. The van der Waals surface area contributed by atoms with E-state index in [-0.39, 0.29) is 17.0 Å². The van der Waals surface area contributed by atoms with E-state index in [1.807, 2.05) is 6.07 Å². The smallest absolute Gasteiger partial charge is 0.346 e. The van der Waals surface area contributed by atoms with Crippen molar-refractivity contribution >= 4 is 11.7 Å². The van der Waals surface area contributed by atoms with Crippen LogP contribution in [0.15, 0.2) is 42.5 Å². The van der Waals surface area contributed by atoms with Gasteiger partial charge in [-0.1, -0.05) is 18.2 Å². The highest BCUT2D eigenvalue weighted by atomic mass is 16.5. The molecule has 0 atom stereocenters. The molecule has 0 saturated heterocycles. The maximum absolute atomic E-state index is 11.7. The van der Waals surface area contributed by atoms with Crippen LogP contribution in [0.2, 0.25) is 0 Å². The van der Waals surface area contributed by atoms with Crippen molar-refractivity contribution < 1.29 is 14.6 Å². The van der Waals surface area contributed by atoms with Crippen molar-refractivity contribution in [2.45, 2.75) is 0 Å². The van der Waals surface area contributed by atoms with Crippen LogP contribution in [-0.2, 0) is 0 Å². The van der Waals surface area contributed by atoms with Crippen LogP contribution in [0.5, 0.6) is 11.5 Å². The molecule has 0 amide bonds. The minimum Gasteiger partial charge on any atom is -0.508 e. The average molecular weight is 228 g/mol. The third-order valence-electron chi connectivity index (χ3n) is 2.11. The van der Waals surface area contributed by atoms with Gasteiger partial charge in [-0.15, -0.1) is 0 Å². The maximum Gasteiger partial charge on any atom is 0.346 e. The van der Waals surface area contributed by atoms with Gasteiger partial charge < -0.3 is 15.6 Å². The standard InChI is InChI=1S/C13H10NO3/c14-12-8-9(15)6-7-11(12)13(16)17-10-4-2-1-3-5-10/h1-6,8,15H,14H2. The number of phenols is 1. The molecule has 2 aromatic carbocycles. The predicted octanol–water partition coefficient (Wildman–Crippen LogP) is 1.99. The average Bonchev–Trinajstić information content (AvgIpc) is 2.30. The van der Waals surface area contributed by atoms with E-state index in [1.165, 1.54) is 12.1 Å². The number of hydrogen-bond donors (Lipinski definition) is 2. The topological polar surface area (TPSA) is 72.5 Å². The van der Waals surface area contributed by atoms with Crippen LogP contribution in [0.3, 0.4) is 0 Å². The van der Waals surface area contributed by atoms with Crippen LogP contribution in [0, 0.1) is 6.07 Å². The highest BCUT2D eigenvalue weighted by molar-refractivity contribution is 5.96. The van der Waals surface area contributed by atoms with Crippen LogP contribution in [0.4, 0.5) is 5.69 Å². The Kier molecular flexibility index (Phi) is 2.96. The summed E-state index contributed by atoms with van der Waals surface area (Å²) in [5.41, 5.74) is 5.82. The number of carbonyl (C=O) groups excluding carboxylic acids is 1. The Morgan fingerprint density at radius 2 is 2.00 bits per heavy atom. The third kappa shape index (κ3) is 2.55. The first-order chi connectivity index (χ1) is 8.16. The summed E-state index contributed by atoms with van der Waals surface area (Å²) in [4.78, 5) is 11.7. The van der Waals surface area contributed by atoms with E-state index in [2.05, 4.69) is 6.07 Å². The molecule has 0 saturated carbocycles. The Morgan fingerprint density at radius 3 is 2.65 bits per heavy atom. The molecule has 2 aromatic rings. The van der Waals surface area contributed by atoms with Crippen molar-refractivity contribution in [2.24, 2.45) is 0 Å². The Morgan fingerprint density at radius 1 is 1.29 bits per heavy atom. The van der Waals surface area contributed by atoms with Crippen molar-refractivity contribution in [3.05, 3.63) is 54.1 Å². The summed E-state index contributed by atoms with van der Waals surface area (Å²) in [5.74, 6) is -0.217. The number of phenolic OH excluding ortho intramolecular Hbond substituents is 1. The molecule has 0 unspecified atom stereocenters. The number of nitrogen functional groups attached to an aromatic ring is 1. The minimum atomic E-state index is -0.603. The van der Waals surface area contributed by atoms with Crippen molar-refractivity contribution in [2.75, 3.05) is 5.73 Å². The van der Waals surface area contributed by atoms with E-state index in [9.17, 15) is 4.79 Å². The lowest BCUT2D eigenvalue weighted by atomic mass is 10.2. The van der Waals surface area contributed by atoms with Crippen molar-refractivity contribution in [1.29, 1.82) is 0 Å². The number of benzene rings is 2. The van der Waals surface area contributed by atoms with Gasteiger partial charge in [0, 0.05) is 12.1 Å². The largest absolute Gasteiger partial charge is 0.508 e. The lowest BCUT2D eigenvalue weighted by Crippen LogP contribution is -2.11. The van der Waals surface area contributed by atoms with Crippen LogP contribution in [0.1, 0.15) is 10.4 Å². The van der Waals surface area contributed by atoms with Gasteiger partial charge in [0.25, 0.3) is 0 Å². The number of hydrogen-bond acceptors (Lipinski definition) is 4. The summed E-state index contributed by atoms with van der Waals surface area (Å²) in [6.45, 7) is 0. The molecule has 0 aliphatic heterocycles. The van der Waals surface area contributed by atoms with E-state index in [1.54, 1.807) is 24.3 Å². The number of anilines is 1. The third-order valence-corrected chi connectivity index (χ3v) is 2.11. The number of esters is 1. The van der Waals surface area contributed by atoms with Crippen molar-refractivity contribution in [3.63, 3.8) is 0 Å². The second kappa shape index (κ2) is 4.57. The van der Waals surface area contributed by atoms with Crippen LogP contribution < -0.4 is 10.5 Å². The zero-order chi connectivity index (χ0) is 12.3. The van der Waals surface area contributed by atoms with E-state index in [4.69, 9.17) is 15.6 Å². The van der Waals surface area contributed by atoms with E-state index in [0.29, 0.717) is 5.75 Å². The first-order valence-corrected chi connectivity index (χ1v) is 4.94. The zero-order valence-electron chi connectivity index (χ0n) is 8.88. The lowest BCUT2D eigenvalue weighted by molar-refractivity contribution is 0.0735. The molecule has 0 aromatic heterocycles. The molecule has 0 aliphatic carbocycles. The zero-order valence-corrected chi connectivity index (χ0v) is 8.88. The first kappa shape index (κ1) is 11.0. The Balaban J connectivity index is 2.21. The second-order valence-electron chi connectivity index (χ2n) is 3.39. The normalized spacial score (nSPS) is 9.88. The maximum atomic E-state index is 11.7. The van der Waals surface area contributed by atoms with Gasteiger partial charge in [0.1, 0.15) is 11.5 Å². The van der Waals surface area contributed by atoms with Gasteiger partial charge in [0.15, 0.2) is 0 Å². The van der Waals surface area contributed by atoms with Gasteiger partial charge in [-0.3, -0.25) is 0 Å². The quantitative estimate of drug-likeness (QED) is 0.468. The Hall–Kier alpha value is -2.49. The second-order valence-corrected chi connectivity index (χ2v) is 3.39. The summed E-state index contributed by atoms with van der Waals surface area (Å²) in [6.07, 6.45) is 0. The van der Waals surface area contributed by atoms with Crippen LogP contribution in [-0.4, -0.2) is 11.1 Å². The number of carbonyl (C=O) groups is 1. The van der Waals surface area contributed by atoms with Crippen molar-refractivity contribution in [3.8, 4) is 11.5 Å². The summed E-state index contributed by atoms with van der Waals surface area (Å²) in [7, 11) is 0. The number of rotatable bonds is 2. The predicted molar refractivity (Wildman–Crippen MR) is 62.8 cm³/mol. The van der Waals surface area contributed by atoms with Crippen LogP contribution >= 0.6 is 0 Å². The number of aromatic hydroxyl groups is 1. The molecule has 4 nitrogen and oxygen atoms in total. The van der Waals surface area contributed by atoms with Gasteiger partial charge >= 0.3 is 5.97 Å². The van der Waals surface area contributed by atoms with Gasteiger partial charge in [-0.2, -0.15) is 0 Å². The van der Waals surface area contributed by atoms with E-state index < -0.39 is 5.97 Å². The summed E-state index contributed by atoms with van der Waals surface area (Å²) >= 11 is 0. The SMILES string of the molecule is Nc1cc(O)c[c]c1C(=O)Oc1ccccc1. The molecule has 0 heterocycles. The molecule has 0 fully saturated rings. The monoisotopic (exact) mass is 228 g/mol. The lowest BCUT2D eigenvalue weighted by Gasteiger charge is -2.06. The van der Waals surface area contributed by atoms with E-state index >= 15 is 0 Å². The fourth-order valence-corrected chi connectivity index (χ4v) is 1.33. The molecule has 2 rings (SSSR count). The number of nitrogens with two attached hydrogens (primary N) is 1. The fraction of sp³-hybridized carbons (Fsp3) is 0. The van der Waals surface area contributed by atoms with Gasteiger partial charge in [0.05, 0.1) is 11.3 Å².